The minimum absolute atomic E-state index is 0.0123. The van der Waals surface area contributed by atoms with Crippen molar-refractivity contribution in [1.82, 2.24) is 21.3 Å². The Balaban J connectivity index is 1.16. The van der Waals surface area contributed by atoms with E-state index in [-0.39, 0.29) is 23.8 Å². The molecule has 3 amide bonds. The maximum absolute atomic E-state index is 14.3. The van der Waals surface area contributed by atoms with Gasteiger partial charge in [-0.3, -0.25) is 9.59 Å². The number of benzene rings is 2. The molecule has 1 aliphatic carbocycles. The van der Waals surface area contributed by atoms with Crippen LogP contribution < -0.4 is 30.9 Å². The van der Waals surface area contributed by atoms with Gasteiger partial charge in [0.1, 0.15) is 17.2 Å². The Morgan fingerprint density at radius 3 is 2.37 bits per heavy atom. The predicted molar refractivity (Wildman–Crippen MR) is 198 cm³/mol. The summed E-state index contributed by atoms with van der Waals surface area (Å²) in [5.74, 6) is 0.358. The minimum atomic E-state index is -1.20. The van der Waals surface area contributed by atoms with Crippen molar-refractivity contribution in [3.63, 3.8) is 0 Å². The lowest BCUT2D eigenvalue weighted by Crippen LogP contribution is -2.62. The van der Waals surface area contributed by atoms with E-state index >= 15 is 0 Å². The first-order valence-electron chi connectivity index (χ1n) is 19.1. The molecule has 276 valence electrons. The summed E-state index contributed by atoms with van der Waals surface area (Å²) >= 11 is 0. The molecule has 1 unspecified atom stereocenters. The van der Waals surface area contributed by atoms with Crippen LogP contribution in [-0.2, 0) is 20.7 Å². The van der Waals surface area contributed by atoms with Gasteiger partial charge < -0.3 is 40.1 Å². The number of ether oxygens (including phenoxy) is 2. The second-order valence-electron chi connectivity index (χ2n) is 14.5. The van der Waals surface area contributed by atoms with Gasteiger partial charge in [-0.25, -0.2) is 4.79 Å². The summed E-state index contributed by atoms with van der Waals surface area (Å²) < 4.78 is 17.1. The fraction of sp³-hybridized carbons (Fsp3) is 0.575. The van der Waals surface area contributed by atoms with Crippen LogP contribution in [0.3, 0.4) is 0 Å². The highest BCUT2D eigenvalue weighted by atomic mass is 16.6. The van der Waals surface area contributed by atoms with Crippen LogP contribution in [0, 0.1) is 11.8 Å². The number of rotatable bonds is 14. The van der Waals surface area contributed by atoms with E-state index in [1.54, 1.807) is 6.07 Å². The van der Waals surface area contributed by atoms with E-state index in [1.807, 2.05) is 48.5 Å². The Labute approximate surface area is 301 Å². The number of furan rings is 1. The van der Waals surface area contributed by atoms with Crippen molar-refractivity contribution in [3.05, 3.63) is 60.2 Å². The molecule has 1 aromatic heterocycles. The minimum Gasteiger partial charge on any atom is -0.425 e. The third-order valence-electron chi connectivity index (χ3n) is 11.1. The average Bonchev–Trinajstić information content (AvgIpc) is 3.80. The molecular weight excluding hydrogens is 646 g/mol. The molecule has 3 aliphatic rings. The fourth-order valence-electron chi connectivity index (χ4n) is 8.13. The van der Waals surface area contributed by atoms with E-state index in [2.05, 4.69) is 40.0 Å². The normalized spacial score (nSPS) is 19.3. The molecule has 3 fully saturated rings. The molecule has 2 saturated heterocycles. The summed E-state index contributed by atoms with van der Waals surface area (Å²) in [6.07, 6.45) is 6.91. The van der Waals surface area contributed by atoms with Gasteiger partial charge in [0.05, 0.1) is 0 Å². The average molecular weight is 702 g/mol. The van der Waals surface area contributed by atoms with E-state index in [9.17, 15) is 14.4 Å². The standard InChI is InChI=1S/C40H55N5O6/c1-3-45(4-2)32-13-12-31-26-36(50-35(31)27-32)51-39(48)44-40(18-8-9-19-40)38(47)43-34(25-28-10-6-5-7-11-28)37(46)42-33(30-14-20-41-21-15-30)24-29-16-22-49-23-17-29/h5-7,10-13,26-27,29-30,33-34,41H,3-4,8-9,14-25H2,1-2H3,(H,42,46)(H,43,47)(H,44,48)/t33-,34?/m1/s1. The number of carbonyl (C=O) groups is 3. The lowest BCUT2D eigenvalue weighted by atomic mass is 9.82. The summed E-state index contributed by atoms with van der Waals surface area (Å²) in [6, 6.07) is 16.5. The molecule has 51 heavy (non-hydrogen) atoms. The summed E-state index contributed by atoms with van der Waals surface area (Å²) in [4.78, 5) is 44.1. The van der Waals surface area contributed by atoms with Gasteiger partial charge in [0, 0.05) is 62.0 Å². The first-order chi connectivity index (χ1) is 24.9. The molecule has 2 aliphatic heterocycles. The smallest absolute Gasteiger partial charge is 0.415 e. The number of nitrogens with one attached hydrogen (secondary N) is 4. The van der Waals surface area contributed by atoms with Crippen LogP contribution in [0.4, 0.5) is 10.5 Å². The molecule has 3 aromatic rings. The lowest BCUT2D eigenvalue weighted by Gasteiger charge is -2.36. The van der Waals surface area contributed by atoms with Crippen molar-refractivity contribution >= 4 is 34.6 Å². The Kier molecular flexibility index (Phi) is 12.5. The number of fused-ring (bicyclic) bond motifs is 1. The number of amides is 3. The van der Waals surface area contributed by atoms with Crippen LogP contribution in [0.15, 0.2) is 59.0 Å². The molecule has 11 heteroatoms. The second kappa shape index (κ2) is 17.4. The van der Waals surface area contributed by atoms with E-state index in [1.165, 1.54) is 0 Å². The fourth-order valence-corrected chi connectivity index (χ4v) is 8.13. The van der Waals surface area contributed by atoms with E-state index in [0.717, 1.165) is 101 Å². The zero-order valence-electron chi connectivity index (χ0n) is 30.2. The van der Waals surface area contributed by atoms with Crippen molar-refractivity contribution in [2.45, 2.75) is 95.7 Å². The maximum atomic E-state index is 14.3. The monoisotopic (exact) mass is 701 g/mol. The topological polar surface area (TPSA) is 134 Å². The van der Waals surface area contributed by atoms with Gasteiger partial charge in [-0.05, 0) is 101 Å². The van der Waals surface area contributed by atoms with Crippen LogP contribution in [0.2, 0.25) is 0 Å². The zero-order valence-corrected chi connectivity index (χ0v) is 30.2. The molecule has 0 radical (unpaired) electrons. The van der Waals surface area contributed by atoms with Gasteiger partial charge in [-0.15, -0.1) is 0 Å². The largest absolute Gasteiger partial charge is 0.425 e. The third kappa shape index (κ3) is 9.43. The molecule has 2 atom stereocenters. The molecule has 2 aromatic carbocycles. The number of carbonyl (C=O) groups excluding carboxylic acids is 3. The SMILES string of the molecule is CCN(CC)c1ccc2cc(OC(=O)NC3(C(=O)NC(Cc4ccccc4)C(=O)N[C@H](CC4CCOCC4)C4CCNCC4)CCCC3)oc2c1. The second-order valence-corrected chi connectivity index (χ2v) is 14.5. The van der Waals surface area contributed by atoms with E-state index in [4.69, 9.17) is 13.9 Å². The first kappa shape index (κ1) is 36.7. The number of nitrogens with zero attached hydrogens (tertiary/aromatic N) is 1. The Morgan fingerprint density at radius 1 is 0.941 bits per heavy atom. The third-order valence-corrected chi connectivity index (χ3v) is 11.1. The van der Waals surface area contributed by atoms with Crippen molar-refractivity contribution < 1.29 is 28.3 Å². The summed E-state index contributed by atoms with van der Waals surface area (Å²) in [5, 5.41) is 13.7. The Morgan fingerprint density at radius 2 is 1.67 bits per heavy atom. The van der Waals surface area contributed by atoms with Gasteiger partial charge in [-0.1, -0.05) is 43.2 Å². The van der Waals surface area contributed by atoms with Crippen molar-refractivity contribution in [2.75, 3.05) is 44.3 Å². The first-order valence-corrected chi connectivity index (χ1v) is 19.1. The number of piperidine rings is 1. The summed E-state index contributed by atoms with van der Waals surface area (Å²) in [5.41, 5.74) is 1.39. The van der Waals surface area contributed by atoms with Crippen LogP contribution in [0.5, 0.6) is 5.95 Å². The number of hydrogen-bond acceptors (Lipinski definition) is 8. The van der Waals surface area contributed by atoms with Gasteiger partial charge >= 0.3 is 6.09 Å². The molecule has 1 saturated carbocycles. The van der Waals surface area contributed by atoms with Gasteiger partial charge in [0.15, 0.2) is 0 Å². The number of anilines is 1. The molecule has 3 heterocycles. The predicted octanol–water partition coefficient (Wildman–Crippen LogP) is 5.71. The zero-order chi connectivity index (χ0) is 35.6. The van der Waals surface area contributed by atoms with Crippen molar-refractivity contribution in [2.24, 2.45) is 11.8 Å². The van der Waals surface area contributed by atoms with E-state index in [0.29, 0.717) is 36.7 Å². The molecule has 0 spiro atoms. The molecule has 11 nitrogen and oxygen atoms in total. The Bertz CT molecular complexity index is 1590. The van der Waals surface area contributed by atoms with Crippen LogP contribution in [0.25, 0.3) is 11.0 Å². The molecular formula is C40H55N5O6. The Hall–Kier alpha value is -4.09. The van der Waals surface area contributed by atoms with Crippen LogP contribution in [-0.4, -0.2) is 74.9 Å². The van der Waals surface area contributed by atoms with Crippen molar-refractivity contribution in [1.29, 1.82) is 0 Å². The van der Waals surface area contributed by atoms with Gasteiger partial charge in [-0.2, -0.15) is 0 Å². The van der Waals surface area contributed by atoms with Crippen molar-refractivity contribution in [3.8, 4) is 5.95 Å². The summed E-state index contributed by atoms with van der Waals surface area (Å²) in [6.45, 7) is 9.31. The molecule has 4 N–H and O–H groups in total. The highest BCUT2D eigenvalue weighted by Gasteiger charge is 2.45. The highest BCUT2D eigenvalue weighted by Crippen LogP contribution is 2.33. The molecule has 0 bridgehead atoms. The highest BCUT2D eigenvalue weighted by molar-refractivity contribution is 5.95. The quantitative estimate of drug-likeness (QED) is 0.168. The summed E-state index contributed by atoms with van der Waals surface area (Å²) in [7, 11) is 0. The maximum Gasteiger partial charge on any atom is 0.415 e. The van der Waals surface area contributed by atoms with Crippen LogP contribution in [0.1, 0.15) is 77.2 Å². The van der Waals surface area contributed by atoms with E-state index < -0.39 is 17.7 Å². The van der Waals surface area contributed by atoms with Crippen LogP contribution >= 0.6 is 0 Å². The number of hydrogen-bond donors (Lipinski definition) is 4. The van der Waals surface area contributed by atoms with Gasteiger partial charge in [0.25, 0.3) is 5.95 Å². The lowest BCUT2D eigenvalue weighted by molar-refractivity contribution is -0.133. The van der Waals surface area contributed by atoms with Gasteiger partial charge in [0.2, 0.25) is 11.8 Å². The molecule has 6 rings (SSSR count).